The van der Waals surface area contributed by atoms with E-state index in [1.54, 1.807) is 6.08 Å². The summed E-state index contributed by atoms with van der Waals surface area (Å²) < 4.78 is 17.8. The molecule has 6 nitrogen and oxygen atoms in total. The third kappa shape index (κ3) is 5.03. The Morgan fingerprint density at radius 2 is 1.42 bits per heavy atom. The highest BCUT2D eigenvalue weighted by atomic mass is 16.5. The Hall–Kier alpha value is -4.71. The van der Waals surface area contributed by atoms with Gasteiger partial charge in [-0.1, -0.05) is 66.7 Å². The quantitative estimate of drug-likeness (QED) is 0.253. The summed E-state index contributed by atoms with van der Waals surface area (Å²) in [7, 11) is 0. The van der Waals surface area contributed by atoms with Crippen LogP contribution in [0.25, 0.3) is 6.08 Å². The number of aromatic hydroxyl groups is 2. The van der Waals surface area contributed by atoms with Gasteiger partial charge in [-0.3, -0.25) is 4.79 Å². The van der Waals surface area contributed by atoms with E-state index in [4.69, 9.17) is 14.2 Å². The van der Waals surface area contributed by atoms with Crippen LogP contribution in [-0.2, 0) is 13.2 Å². The first-order chi connectivity index (χ1) is 17.6. The van der Waals surface area contributed by atoms with Crippen LogP contribution in [0.3, 0.4) is 0 Å². The lowest BCUT2D eigenvalue weighted by atomic mass is 9.97. The molecule has 6 heteroatoms. The maximum atomic E-state index is 13.0. The summed E-state index contributed by atoms with van der Waals surface area (Å²) in [4.78, 5) is 13.0. The standard InChI is InChI=1S/C30H24O6/c31-25-13-12-24-28(32)23(19-36-30(24)29(25)33)15-22-11-14-26(34-17-20-7-3-1-4-8-20)27(16-22)35-18-21-9-5-2-6-10-21/h1-16,31,33H,17-19H2/b23-15-. The molecule has 180 valence electrons. The van der Waals surface area contributed by atoms with E-state index in [0.717, 1.165) is 16.7 Å². The van der Waals surface area contributed by atoms with E-state index in [-0.39, 0.29) is 29.5 Å². The highest BCUT2D eigenvalue weighted by Crippen LogP contribution is 2.41. The largest absolute Gasteiger partial charge is 0.504 e. The second kappa shape index (κ2) is 10.3. The molecule has 4 aromatic carbocycles. The molecule has 0 radical (unpaired) electrons. The van der Waals surface area contributed by atoms with Gasteiger partial charge >= 0.3 is 0 Å². The molecule has 0 fully saturated rings. The molecule has 0 atom stereocenters. The van der Waals surface area contributed by atoms with E-state index >= 15 is 0 Å². The van der Waals surface area contributed by atoms with Crippen LogP contribution in [0.5, 0.6) is 28.7 Å². The third-order valence-electron chi connectivity index (χ3n) is 5.80. The van der Waals surface area contributed by atoms with Crippen molar-refractivity contribution in [1.82, 2.24) is 0 Å². The average molecular weight is 481 g/mol. The summed E-state index contributed by atoms with van der Waals surface area (Å²) in [6.45, 7) is 0.721. The minimum atomic E-state index is -0.434. The first-order valence-electron chi connectivity index (χ1n) is 11.5. The zero-order valence-corrected chi connectivity index (χ0v) is 19.4. The zero-order valence-electron chi connectivity index (χ0n) is 19.4. The molecule has 0 unspecified atom stereocenters. The molecule has 0 saturated heterocycles. The Kier molecular flexibility index (Phi) is 6.58. The molecule has 1 heterocycles. The van der Waals surface area contributed by atoms with Gasteiger partial charge in [-0.05, 0) is 47.0 Å². The lowest BCUT2D eigenvalue weighted by molar-refractivity contribution is 0.0998. The van der Waals surface area contributed by atoms with Crippen LogP contribution >= 0.6 is 0 Å². The van der Waals surface area contributed by atoms with Crippen LogP contribution in [0.2, 0.25) is 0 Å². The van der Waals surface area contributed by atoms with Crippen molar-refractivity contribution in [3.63, 3.8) is 0 Å². The molecule has 0 saturated carbocycles. The number of hydrogen-bond acceptors (Lipinski definition) is 6. The molecule has 2 N–H and O–H groups in total. The van der Waals surface area contributed by atoms with E-state index in [2.05, 4.69) is 0 Å². The highest BCUT2D eigenvalue weighted by Gasteiger charge is 2.27. The van der Waals surface area contributed by atoms with E-state index in [1.165, 1.54) is 12.1 Å². The average Bonchev–Trinajstić information content (AvgIpc) is 2.91. The molecule has 4 aromatic rings. The highest BCUT2D eigenvalue weighted by molar-refractivity contribution is 6.14. The van der Waals surface area contributed by atoms with E-state index in [0.29, 0.717) is 30.3 Å². The van der Waals surface area contributed by atoms with Gasteiger partial charge < -0.3 is 24.4 Å². The molecule has 0 bridgehead atoms. The van der Waals surface area contributed by atoms with Gasteiger partial charge in [-0.2, -0.15) is 0 Å². The lowest BCUT2D eigenvalue weighted by Crippen LogP contribution is -2.19. The van der Waals surface area contributed by atoms with Crippen LogP contribution in [0, 0.1) is 0 Å². The topological polar surface area (TPSA) is 85.2 Å². The summed E-state index contributed by atoms with van der Waals surface area (Å²) in [5, 5.41) is 19.7. The number of benzene rings is 4. The molecule has 0 amide bonds. The molecule has 0 aliphatic carbocycles. The molecule has 0 aromatic heterocycles. The van der Waals surface area contributed by atoms with Crippen molar-refractivity contribution in [2.24, 2.45) is 0 Å². The summed E-state index contributed by atoms with van der Waals surface area (Å²) in [6, 6.07) is 27.9. The first-order valence-corrected chi connectivity index (χ1v) is 11.5. The summed E-state index contributed by atoms with van der Waals surface area (Å²) >= 11 is 0. The molecule has 5 rings (SSSR count). The number of hydrogen-bond donors (Lipinski definition) is 2. The maximum Gasteiger partial charge on any atom is 0.201 e. The Morgan fingerprint density at radius 1 is 0.778 bits per heavy atom. The Balaban J connectivity index is 1.41. The van der Waals surface area contributed by atoms with Crippen molar-refractivity contribution >= 4 is 11.9 Å². The van der Waals surface area contributed by atoms with Crippen LogP contribution in [0.4, 0.5) is 0 Å². The minimum absolute atomic E-state index is 0.00584. The van der Waals surface area contributed by atoms with Gasteiger partial charge in [0, 0.05) is 5.57 Å². The minimum Gasteiger partial charge on any atom is -0.504 e. The van der Waals surface area contributed by atoms with Crippen molar-refractivity contribution < 1.29 is 29.2 Å². The number of carbonyl (C=O) groups is 1. The van der Waals surface area contributed by atoms with Crippen molar-refractivity contribution in [2.45, 2.75) is 13.2 Å². The van der Waals surface area contributed by atoms with Gasteiger partial charge in [0.25, 0.3) is 0 Å². The SMILES string of the molecule is O=C1/C(=C\c2ccc(OCc3ccccc3)c(OCc3ccccc3)c2)COc2c1ccc(O)c2O. The normalized spacial score (nSPS) is 13.7. The van der Waals surface area contributed by atoms with Gasteiger partial charge in [-0.25, -0.2) is 0 Å². The first kappa shape index (κ1) is 23.1. The van der Waals surface area contributed by atoms with Gasteiger partial charge in [0.2, 0.25) is 5.75 Å². The summed E-state index contributed by atoms with van der Waals surface area (Å²) in [5.41, 5.74) is 3.41. The fraction of sp³-hybridized carbons (Fsp3) is 0.100. The van der Waals surface area contributed by atoms with Gasteiger partial charge in [-0.15, -0.1) is 0 Å². The lowest BCUT2D eigenvalue weighted by Gasteiger charge is -2.20. The number of phenolic OH excluding ortho intramolecular Hbond substituents is 2. The number of ether oxygens (including phenoxy) is 3. The molecular formula is C30H24O6. The van der Waals surface area contributed by atoms with E-state index in [1.807, 2.05) is 78.9 Å². The van der Waals surface area contributed by atoms with Crippen molar-refractivity contribution in [3.8, 4) is 28.7 Å². The van der Waals surface area contributed by atoms with Crippen LogP contribution < -0.4 is 14.2 Å². The number of ketones is 1. The molecular weight excluding hydrogens is 456 g/mol. The Morgan fingerprint density at radius 3 is 2.08 bits per heavy atom. The van der Waals surface area contributed by atoms with E-state index < -0.39 is 5.75 Å². The second-order valence-electron chi connectivity index (χ2n) is 8.35. The number of rotatable bonds is 7. The monoisotopic (exact) mass is 480 g/mol. The Labute approximate surface area is 208 Å². The van der Waals surface area contributed by atoms with Gasteiger partial charge in [0.05, 0.1) is 5.56 Å². The van der Waals surface area contributed by atoms with Gasteiger partial charge in [0.1, 0.15) is 19.8 Å². The molecule has 1 aliphatic heterocycles. The Bertz CT molecular complexity index is 1410. The maximum absolute atomic E-state index is 13.0. The van der Waals surface area contributed by atoms with Crippen LogP contribution in [0.1, 0.15) is 27.0 Å². The van der Waals surface area contributed by atoms with Crippen molar-refractivity contribution in [2.75, 3.05) is 6.61 Å². The predicted octanol–water partition coefficient (Wildman–Crippen LogP) is 5.91. The summed E-state index contributed by atoms with van der Waals surface area (Å²) in [5.74, 6) is 0.0956. The molecule has 1 aliphatic rings. The van der Waals surface area contributed by atoms with E-state index in [9.17, 15) is 15.0 Å². The number of fused-ring (bicyclic) bond motifs is 1. The fourth-order valence-corrected chi connectivity index (χ4v) is 3.90. The zero-order chi connectivity index (χ0) is 24.9. The predicted molar refractivity (Wildman–Crippen MR) is 136 cm³/mol. The summed E-state index contributed by atoms with van der Waals surface area (Å²) in [6.07, 6.45) is 1.73. The van der Waals surface area contributed by atoms with Crippen molar-refractivity contribution in [3.05, 3.63) is 119 Å². The van der Waals surface area contributed by atoms with Crippen molar-refractivity contribution in [1.29, 1.82) is 0 Å². The number of phenols is 2. The van der Waals surface area contributed by atoms with Crippen LogP contribution in [0.15, 0.2) is 96.6 Å². The number of carbonyl (C=O) groups excluding carboxylic acids is 1. The van der Waals surface area contributed by atoms with Gasteiger partial charge in [0.15, 0.2) is 28.8 Å². The smallest absolute Gasteiger partial charge is 0.201 e. The fourth-order valence-electron chi connectivity index (χ4n) is 3.90. The second-order valence-corrected chi connectivity index (χ2v) is 8.35. The molecule has 36 heavy (non-hydrogen) atoms. The van der Waals surface area contributed by atoms with Crippen LogP contribution in [-0.4, -0.2) is 22.6 Å². The third-order valence-corrected chi connectivity index (χ3v) is 5.80. The number of Topliss-reactive ketones (excluding diaryl/α,β-unsaturated/α-hetero) is 1. The molecule has 0 spiro atoms.